The fourth-order valence-electron chi connectivity index (χ4n) is 1.98. The van der Waals surface area contributed by atoms with Crippen molar-refractivity contribution in [3.8, 4) is 0 Å². The molecule has 86 valence electrons. The van der Waals surface area contributed by atoms with E-state index < -0.39 is 0 Å². The fraction of sp³-hybridized carbons (Fsp3) is 0.462. The number of aliphatic hydroxyl groups is 1. The topological polar surface area (TPSA) is 40.5 Å². The third kappa shape index (κ3) is 2.09. The van der Waals surface area contributed by atoms with Gasteiger partial charge in [0.25, 0.3) is 5.91 Å². The summed E-state index contributed by atoms with van der Waals surface area (Å²) in [4.78, 5) is 13.8. The summed E-state index contributed by atoms with van der Waals surface area (Å²) < 4.78 is 0. The SMILES string of the molecule is Cc1ccc(C(=O)N2CC[C@H](O)C2)cc1C. The van der Waals surface area contributed by atoms with Crippen molar-refractivity contribution in [3.05, 3.63) is 34.9 Å². The minimum atomic E-state index is -0.351. The molecule has 1 heterocycles. The number of nitrogens with zero attached hydrogens (tertiary/aromatic N) is 1. The lowest BCUT2D eigenvalue weighted by molar-refractivity contribution is 0.0765. The summed E-state index contributed by atoms with van der Waals surface area (Å²) >= 11 is 0. The number of amides is 1. The van der Waals surface area contributed by atoms with Crippen molar-refractivity contribution in [3.63, 3.8) is 0 Å². The van der Waals surface area contributed by atoms with Gasteiger partial charge in [0.2, 0.25) is 0 Å². The van der Waals surface area contributed by atoms with Gasteiger partial charge in [0.15, 0.2) is 0 Å². The van der Waals surface area contributed by atoms with Crippen LogP contribution in [-0.2, 0) is 0 Å². The van der Waals surface area contributed by atoms with Crippen LogP contribution in [0.2, 0.25) is 0 Å². The van der Waals surface area contributed by atoms with Gasteiger partial charge in [0, 0.05) is 18.7 Å². The van der Waals surface area contributed by atoms with Gasteiger partial charge in [0.05, 0.1) is 6.10 Å². The average Bonchev–Trinajstić information content (AvgIpc) is 2.68. The van der Waals surface area contributed by atoms with Crippen molar-refractivity contribution in [1.82, 2.24) is 4.90 Å². The summed E-state index contributed by atoms with van der Waals surface area (Å²) in [5.41, 5.74) is 3.04. The number of hydrogen-bond donors (Lipinski definition) is 1. The second kappa shape index (κ2) is 4.26. The number of benzene rings is 1. The molecule has 1 fully saturated rings. The molecular weight excluding hydrogens is 202 g/mol. The Morgan fingerprint density at radius 2 is 2.12 bits per heavy atom. The molecule has 1 N–H and O–H groups in total. The summed E-state index contributed by atoms with van der Waals surface area (Å²) in [5.74, 6) is 0.0275. The molecule has 0 aromatic heterocycles. The Balaban J connectivity index is 2.18. The van der Waals surface area contributed by atoms with Crippen LogP contribution in [0.1, 0.15) is 27.9 Å². The molecule has 1 amide bonds. The van der Waals surface area contributed by atoms with Crippen LogP contribution < -0.4 is 0 Å². The van der Waals surface area contributed by atoms with Crippen molar-refractivity contribution in [2.45, 2.75) is 26.4 Å². The maximum absolute atomic E-state index is 12.1. The molecule has 0 unspecified atom stereocenters. The second-order valence-electron chi connectivity index (χ2n) is 4.49. The van der Waals surface area contributed by atoms with E-state index in [9.17, 15) is 9.90 Å². The number of β-amino-alcohol motifs (C(OH)–C–C–N with tert-alkyl or cyclic N) is 1. The quantitative estimate of drug-likeness (QED) is 0.777. The molecule has 0 radical (unpaired) electrons. The first-order chi connectivity index (χ1) is 7.58. The lowest BCUT2D eigenvalue weighted by Gasteiger charge is -2.16. The predicted octanol–water partition coefficient (Wildman–Crippen LogP) is 1.51. The van der Waals surface area contributed by atoms with E-state index in [0.717, 1.165) is 11.1 Å². The van der Waals surface area contributed by atoms with E-state index in [2.05, 4.69) is 0 Å². The maximum atomic E-state index is 12.1. The molecule has 16 heavy (non-hydrogen) atoms. The highest BCUT2D eigenvalue weighted by atomic mass is 16.3. The van der Waals surface area contributed by atoms with Gasteiger partial charge in [-0.15, -0.1) is 0 Å². The third-order valence-corrected chi connectivity index (χ3v) is 3.20. The molecule has 3 nitrogen and oxygen atoms in total. The van der Waals surface area contributed by atoms with Crippen LogP contribution in [0, 0.1) is 13.8 Å². The smallest absolute Gasteiger partial charge is 0.253 e. The Labute approximate surface area is 95.7 Å². The van der Waals surface area contributed by atoms with E-state index in [1.807, 2.05) is 32.0 Å². The zero-order valence-corrected chi connectivity index (χ0v) is 9.73. The van der Waals surface area contributed by atoms with Gasteiger partial charge < -0.3 is 10.0 Å². The average molecular weight is 219 g/mol. The first-order valence-corrected chi connectivity index (χ1v) is 5.62. The van der Waals surface area contributed by atoms with Crippen LogP contribution in [-0.4, -0.2) is 35.1 Å². The summed E-state index contributed by atoms with van der Waals surface area (Å²) in [6, 6.07) is 5.74. The molecular formula is C13H17NO2. The Hall–Kier alpha value is -1.35. The summed E-state index contributed by atoms with van der Waals surface area (Å²) in [6.07, 6.45) is 0.340. The maximum Gasteiger partial charge on any atom is 0.253 e. The molecule has 2 rings (SSSR count). The minimum Gasteiger partial charge on any atom is -0.391 e. The lowest BCUT2D eigenvalue weighted by atomic mass is 10.1. The van der Waals surface area contributed by atoms with E-state index >= 15 is 0 Å². The predicted molar refractivity (Wildman–Crippen MR) is 62.4 cm³/mol. The molecule has 3 heteroatoms. The molecule has 0 bridgehead atoms. The normalized spacial score (nSPS) is 20.2. The number of carbonyl (C=O) groups is 1. The van der Waals surface area contributed by atoms with E-state index in [1.54, 1.807) is 4.90 Å². The molecule has 0 saturated carbocycles. The van der Waals surface area contributed by atoms with Crippen LogP contribution in [0.5, 0.6) is 0 Å². The largest absolute Gasteiger partial charge is 0.391 e. The molecule has 1 aromatic carbocycles. The van der Waals surface area contributed by atoms with Crippen molar-refractivity contribution < 1.29 is 9.90 Å². The summed E-state index contributed by atoms with van der Waals surface area (Å²) in [5, 5.41) is 9.40. The first-order valence-electron chi connectivity index (χ1n) is 5.62. The number of hydrogen-bond acceptors (Lipinski definition) is 2. The van der Waals surface area contributed by atoms with Crippen molar-refractivity contribution in [2.75, 3.05) is 13.1 Å². The molecule has 1 aliphatic heterocycles. The molecule has 0 aliphatic carbocycles. The zero-order valence-electron chi connectivity index (χ0n) is 9.73. The van der Waals surface area contributed by atoms with Gasteiger partial charge in [-0.2, -0.15) is 0 Å². The standard InChI is InChI=1S/C13H17NO2/c1-9-3-4-11(7-10(9)2)13(16)14-6-5-12(15)8-14/h3-4,7,12,15H,5-6,8H2,1-2H3/t12-/m0/s1. The van der Waals surface area contributed by atoms with Crippen molar-refractivity contribution in [1.29, 1.82) is 0 Å². The van der Waals surface area contributed by atoms with Gasteiger partial charge in [-0.3, -0.25) is 4.79 Å². The van der Waals surface area contributed by atoms with Crippen molar-refractivity contribution in [2.24, 2.45) is 0 Å². The monoisotopic (exact) mass is 219 g/mol. The van der Waals surface area contributed by atoms with Crippen LogP contribution in [0.25, 0.3) is 0 Å². The van der Waals surface area contributed by atoms with Gasteiger partial charge >= 0.3 is 0 Å². The van der Waals surface area contributed by atoms with E-state index in [4.69, 9.17) is 0 Å². The fourth-order valence-corrected chi connectivity index (χ4v) is 1.98. The highest BCUT2D eigenvalue weighted by molar-refractivity contribution is 5.94. The second-order valence-corrected chi connectivity index (χ2v) is 4.49. The van der Waals surface area contributed by atoms with Crippen LogP contribution in [0.3, 0.4) is 0 Å². The Kier molecular flexibility index (Phi) is 2.97. The Morgan fingerprint density at radius 1 is 1.38 bits per heavy atom. The van der Waals surface area contributed by atoms with E-state index in [-0.39, 0.29) is 12.0 Å². The third-order valence-electron chi connectivity index (χ3n) is 3.20. The molecule has 0 spiro atoms. The lowest BCUT2D eigenvalue weighted by Crippen LogP contribution is -2.29. The van der Waals surface area contributed by atoms with Gasteiger partial charge in [0.1, 0.15) is 0 Å². The molecule has 1 aromatic rings. The van der Waals surface area contributed by atoms with Crippen LogP contribution in [0.15, 0.2) is 18.2 Å². The number of rotatable bonds is 1. The Morgan fingerprint density at radius 3 is 2.69 bits per heavy atom. The highest BCUT2D eigenvalue weighted by Crippen LogP contribution is 2.16. The number of aryl methyl sites for hydroxylation is 2. The highest BCUT2D eigenvalue weighted by Gasteiger charge is 2.25. The zero-order chi connectivity index (χ0) is 11.7. The summed E-state index contributed by atoms with van der Waals surface area (Å²) in [7, 11) is 0. The number of carbonyl (C=O) groups excluding carboxylic acids is 1. The molecule has 1 saturated heterocycles. The van der Waals surface area contributed by atoms with Crippen LogP contribution in [0.4, 0.5) is 0 Å². The number of likely N-dealkylation sites (tertiary alicyclic amines) is 1. The van der Waals surface area contributed by atoms with Gasteiger partial charge in [-0.1, -0.05) is 6.07 Å². The first kappa shape index (κ1) is 11.1. The molecule has 1 atom stereocenters. The van der Waals surface area contributed by atoms with Crippen molar-refractivity contribution >= 4 is 5.91 Å². The minimum absolute atomic E-state index is 0.0275. The van der Waals surface area contributed by atoms with E-state index in [1.165, 1.54) is 5.56 Å². The van der Waals surface area contributed by atoms with Gasteiger partial charge in [-0.05, 0) is 43.5 Å². The Bertz CT molecular complexity index is 414. The van der Waals surface area contributed by atoms with E-state index in [0.29, 0.717) is 19.5 Å². The van der Waals surface area contributed by atoms with Crippen LogP contribution >= 0.6 is 0 Å². The molecule has 1 aliphatic rings. The summed E-state index contributed by atoms with van der Waals surface area (Å²) in [6.45, 7) is 5.16. The number of aliphatic hydroxyl groups excluding tert-OH is 1. The van der Waals surface area contributed by atoms with Gasteiger partial charge in [-0.25, -0.2) is 0 Å².